The molecular formula is C20H22BrN3O5. The SMILES string of the molecule is CC(O)C1NC2(C(=O)Nc3ccc(Br)cc32)C2C(=O)N(CC3CCCO3)C(=O)C12. The van der Waals surface area contributed by atoms with E-state index in [1.54, 1.807) is 19.1 Å². The molecule has 9 heteroatoms. The smallest absolute Gasteiger partial charge is 0.250 e. The van der Waals surface area contributed by atoms with Gasteiger partial charge in [-0.3, -0.25) is 24.6 Å². The number of aliphatic hydroxyl groups excluding tert-OH is 1. The Labute approximate surface area is 176 Å². The zero-order chi connectivity index (χ0) is 20.5. The highest BCUT2D eigenvalue weighted by atomic mass is 79.9. The fourth-order valence-corrected chi connectivity index (χ4v) is 5.71. The molecule has 4 aliphatic rings. The minimum atomic E-state index is -1.39. The van der Waals surface area contributed by atoms with Crippen LogP contribution in [0.1, 0.15) is 25.3 Å². The lowest BCUT2D eigenvalue weighted by molar-refractivity contribution is -0.144. The van der Waals surface area contributed by atoms with Gasteiger partial charge in [0.2, 0.25) is 17.7 Å². The van der Waals surface area contributed by atoms with Crippen molar-refractivity contribution in [3.8, 4) is 0 Å². The highest BCUT2D eigenvalue weighted by Gasteiger charge is 2.71. The standard InChI is InChI=1S/C20H22BrN3O5/c1-9(25)16-14-15(18(27)24(17(14)26)8-11-3-2-6-29-11)20(23-16)12-7-10(21)4-5-13(12)22-19(20)28/h4-5,7,9,11,14-16,23,25H,2-3,6,8H2,1H3,(H,22,28). The van der Waals surface area contributed by atoms with Gasteiger partial charge in [-0.1, -0.05) is 15.9 Å². The minimum absolute atomic E-state index is 0.172. The van der Waals surface area contributed by atoms with Crippen molar-refractivity contribution in [1.82, 2.24) is 10.2 Å². The van der Waals surface area contributed by atoms with Gasteiger partial charge in [-0.2, -0.15) is 0 Å². The number of anilines is 1. The number of likely N-dealkylation sites (tertiary alicyclic amines) is 1. The first-order valence-corrected chi connectivity index (χ1v) is 10.7. The van der Waals surface area contributed by atoms with Crippen LogP contribution in [0.5, 0.6) is 0 Å². The van der Waals surface area contributed by atoms with E-state index in [9.17, 15) is 19.5 Å². The van der Waals surface area contributed by atoms with Crippen LogP contribution in [0.4, 0.5) is 5.69 Å². The molecule has 3 N–H and O–H groups in total. The van der Waals surface area contributed by atoms with Gasteiger partial charge in [-0.05, 0) is 38.0 Å². The van der Waals surface area contributed by atoms with Crippen molar-refractivity contribution in [2.45, 2.75) is 43.6 Å². The zero-order valence-electron chi connectivity index (χ0n) is 15.9. The fourth-order valence-electron chi connectivity index (χ4n) is 5.35. The van der Waals surface area contributed by atoms with Crippen LogP contribution < -0.4 is 10.6 Å². The van der Waals surface area contributed by atoms with Gasteiger partial charge in [0.1, 0.15) is 5.54 Å². The van der Waals surface area contributed by atoms with Crippen LogP contribution in [0.25, 0.3) is 0 Å². The first kappa shape index (κ1) is 19.2. The summed E-state index contributed by atoms with van der Waals surface area (Å²) in [7, 11) is 0. The number of imide groups is 1. The molecule has 3 saturated heterocycles. The van der Waals surface area contributed by atoms with E-state index in [1.165, 1.54) is 4.90 Å². The Kier molecular flexibility index (Phi) is 4.36. The molecule has 3 fully saturated rings. The van der Waals surface area contributed by atoms with Crippen molar-refractivity contribution in [2.24, 2.45) is 11.8 Å². The molecule has 3 amide bonds. The van der Waals surface area contributed by atoms with Crippen LogP contribution in [-0.4, -0.2) is 59.1 Å². The van der Waals surface area contributed by atoms with E-state index < -0.39 is 29.5 Å². The van der Waals surface area contributed by atoms with Crippen molar-refractivity contribution >= 4 is 39.3 Å². The maximum Gasteiger partial charge on any atom is 0.250 e. The van der Waals surface area contributed by atoms with Crippen molar-refractivity contribution in [3.63, 3.8) is 0 Å². The molecule has 0 saturated carbocycles. The first-order valence-electron chi connectivity index (χ1n) is 9.88. The molecule has 1 spiro atoms. The molecule has 8 nitrogen and oxygen atoms in total. The van der Waals surface area contributed by atoms with Crippen LogP contribution in [-0.2, 0) is 24.7 Å². The van der Waals surface area contributed by atoms with E-state index in [0.29, 0.717) is 17.9 Å². The third kappa shape index (κ3) is 2.57. The molecule has 4 heterocycles. The summed E-state index contributed by atoms with van der Waals surface area (Å²) in [5, 5.41) is 16.4. The topological polar surface area (TPSA) is 108 Å². The summed E-state index contributed by atoms with van der Waals surface area (Å²) < 4.78 is 6.38. The number of carbonyl (C=O) groups excluding carboxylic acids is 3. The molecule has 0 bridgehead atoms. The quantitative estimate of drug-likeness (QED) is 0.570. The number of benzene rings is 1. The number of carbonyl (C=O) groups is 3. The van der Waals surface area contributed by atoms with Crippen molar-refractivity contribution in [3.05, 3.63) is 28.2 Å². The lowest BCUT2D eigenvalue weighted by Gasteiger charge is -2.30. The predicted octanol–water partition coefficient (Wildman–Crippen LogP) is 0.729. The van der Waals surface area contributed by atoms with E-state index in [-0.39, 0.29) is 30.4 Å². The lowest BCUT2D eigenvalue weighted by atomic mass is 9.76. The lowest BCUT2D eigenvalue weighted by Crippen LogP contribution is -2.55. The summed E-state index contributed by atoms with van der Waals surface area (Å²) >= 11 is 3.43. The molecule has 6 unspecified atom stereocenters. The van der Waals surface area contributed by atoms with Gasteiger partial charge in [0, 0.05) is 28.4 Å². The zero-order valence-corrected chi connectivity index (χ0v) is 17.4. The predicted molar refractivity (Wildman–Crippen MR) is 106 cm³/mol. The number of hydrogen-bond donors (Lipinski definition) is 3. The maximum atomic E-state index is 13.5. The van der Waals surface area contributed by atoms with Crippen LogP contribution in [0.3, 0.4) is 0 Å². The molecule has 6 atom stereocenters. The summed E-state index contributed by atoms with van der Waals surface area (Å²) in [4.78, 5) is 41.2. The largest absolute Gasteiger partial charge is 0.392 e. The van der Waals surface area contributed by atoms with Gasteiger partial charge in [0.15, 0.2) is 0 Å². The third-order valence-corrected chi connectivity index (χ3v) is 7.13. The summed E-state index contributed by atoms with van der Waals surface area (Å²) in [6.45, 7) is 2.39. The van der Waals surface area contributed by atoms with E-state index in [2.05, 4.69) is 26.6 Å². The molecule has 5 rings (SSSR count). The number of fused-ring (bicyclic) bond motifs is 4. The number of halogens is 1. The summed E-state index contributed by atoms with van der Waals surface area (Å²) in [5.41, 5.74) is -0.160. The normalized spacial score (nSPS) is 36.7. The fraction of sp³-hybridized carbons (Fsp3) is 0.550. The number of aliphatic hydroxyl groups is 1. The maximum absolute atomic E-state index is 13.5. The van der Waals surface area contributed by atoms with Gasteiger partial charge in [-0.15, -0.1) is 0 Å². The van der Waals surface area contributed by atoms with Crippen LogP contribution >= 0.6 is 15.9 Å². The molecular weight excluding hydrogens is 442 g/mol. The number of hydrogen-bond acceptors (Lipinski definition) is 6. The molecule has 1 aromatic rings. The molecule has 0 aliphatic carbocycles. The monoisotopic (exact) mass is 463 g/mol. The van der Waals surface area contributed by atoms with Gasteiger partial charge >= 0.3 is 0 Å². The number of amides is 3. The summed E-state index contributed by atoms with van der Waals surface area (Å²) in [6.07, 6.45) is 0.616. The van der Waals surface area contributed by atoms with Gasteiger partial charge in [0.25, 0.3) is 0 Å². The summed E-state index contributed by atoms with van der Waals surface area (Å²) in [5.74, 6) is -2.81. The van der Waals surface area contributed by atoms with E-state index in [0.717, 1.165) is 17.3 Å². The number of nitrogens with one attached hydrogen (secondary N) is 2. The first-order chi connectivity index (χ1) is 13.8. The second-order valence-electron chi connectivity index (χ2n) is 8.29. The number of nitrogens with zero attached hydrogens (tertiary/aromatic N) is 1. The second kappa shape index (κ2) is 6.60. The highest BCUT2D eigenvalue weighted by molar-refractivity contribution is 9.10. The van der Waals surface area contributed by atoms with Gasteiger partial charge < -0.3 is 15.2 Å². The Morgan fingerprint density at radius 1 is 1.34 bits per heavy atom. The van der Waals surface area contributed by atoms with E-state index in [4.69, 9.17) is 4.74 Å². The van der Waals surface area contributed by atoms with Crippen LogP contribution in [0.15, 0.2) is 22.7 Å². The molecule has 0 radical (unpaired) electrons. The van der Waals surface area contributed by atoms with E-state index in [1.807, 2.05) is 6.07 Å². The second-order valence-corrected chi connectivity index (χ2v) is 9.20. The Balaban J connectivity index is 1.61. The Hall–Kier alpha value is -1.81. The minimum Gasteiger partial charge on any atom is -0.392 e. The molecule has 29 heavy (non-hydrogen) atoms. The van der Waals surface area contributed by atoms with Gasteiger partial charge in [-0.25, -0.2) is 0 Å². The van der Waals surface area contributed by atoms with Gasteiger partial charge in [0.05, 0.1) is 30.6 Å². The Morgan fingerprint density at radius 3 is 2.83 bits per heavy atom. The van der Waals surface area contributed by atoms with Crippen LogP contribution in [0, 0.1) is 11.8 Å². The van der Waals surface area contributed by atoms with Crippen molar-refractivity contribution < 1.29 is 24.2 Å². The Morgan fingerprint density at radius 2 is 2.14 bits per heavy atom. The molecule has 4 aliphatic heterocycles. The average molecular weight is 464 g/mol. The third-order valence-electron chi connectivity index (χ3n) is 6.63. The number of rotatable bonds is 3. The Bertz CT molecular complexity index is 915. The van der Waals surface area contributed by atoms with Crippen molar-refractivity contribution in [2.75, 3.05) is 18.5 Å². The van der Waals surface area contributed by atoms with Crippen molar-refractivity contribution in [1.29, 1.82) is 0 Å². The molecule has 154 valence electrons. The van der Waals surface area contributed by atoms with E-state index >= 15 is 0 Å². The highest BCUT2D eigenvalue weighted by Crippen LogP contribution is 2.53. The molecule has 1 aromatic carbocycles. The average Bonchev–Trinajstić information content (AvgIpc) is 3.41. The van der Waals surface area contributed by atoms with Crippen LogP contribution in [0.2, 0.25) is 0 Å². The summed E-state index contributed by atoms with van der Waals surface area (Å²) in [6, 6.07) is 4.66. The number of ether oxygens (including phenoxy) is 1. The molecule has 0 aromatic heterocycles.